The molecule has 1 N–H and O–H groups in total. The van der Waals surface area contributed by atoms with E-state index in [4.69, 9.17) is 0 Å². The van der Waals surface area contributed by atoms with Crippen molar-refractivity contribution in [2.75, 3.05) is 0 Å². The first-order valence-electron chi connectivity index (χ1n) is 9.60. The molecule has 142 valence electrons. The van der Waals surface area contributed by atoms with Crippen LogP contribution in [0.1, 0.15) is 52.8 Å². The summed E-state index contributed by atoms with van der Waals surface area (Å²) in [6, 6.07) is 5.71. The fraction of sp³-hybridized carbons (Fsp3) is 0.545. The molecule has 0 saturated heterocycles. The summed E-state index contributed by atoms with van der Waals surface area (Å²) < 4.78 is 1.74. The maximum Gasteiger partial charge on any atom is 0.293 e. The van der Waals surface area contributed by atoms with E-state index in [9.17, 15) is 9.90 Å². The first-order valence-corrected chi connectivity index (χ1v) is 9.60. The molecule has 0 aliphatic heterocycles. The second-order valence-corrected chi connectivity index (χ2v) is 8.44. The number of pyridine rings is 2. The smallest absolute Gasteiger partial charge is 0.293 e. The van der Waals surface area contributed by atoms with Gasteiger partial charge in [-0.05, 0) is 54.4 Å². The lowest BCUT2D eigenvalue weighted by Gasteiger charge is -2.21. The van der Waals surface area contributed by atoms with E-state index in [1.54, 1.807) is 10.6 Å². The minimum atomic E-state index is -0.316. The molecule has 4 heteroatoms. The molecule has 2 rings (SSSR count). The number of rotatable bonds is 7. The molecule has 0 bridgehead atoms. The monoisotopic (exact) mass is 356 g/mol. The van der Waals surface area contributed by atoms with E-state index in [0.717, 1.165) is 35.4 Å². The lowest BCUT2D eigenvalue weighted by molar-refractivity contribution is 0.442. The quantitative estimate of drug-likeness (QED) is 0.784. The Morgan fingerprint density at radius 1 is 1.00 bits per heavy atom. The van der Waals surface area contributed by atoms with E-state index in [1.807, 2.05) is 12.3 Å². The molecule has 0 radical (unpaired) electrons. The van der Waals surface area contributed by atoms with Crippen LogP contribution >= 0.6 is 0 Å². The molecular formula is C22H32N2O2. The average Bonchev–Trinajstić information content (AvgIpc) is 2.51. The second kappa shape index (κ2) is 8.52. The number of hydrogen-bond acceptors (Lipinski definition) is 3. The average molecular weight is 357 g/mol. The van der Waals surface area contributed by atoms with Gasteiger partial charge in [-0.25, -0.2) is 0 Å². The van der Waals surface area contributed by atoms with Crippen molar-refractivity contribution < 1.29 is 5.11 Å². The topological polar surface area (TPSA) is 55.1 Å². The third-order valence-corrected chi connectivity index (χ3v) is 4.23. The Kier molecular flexibility index (Phi) is 6.63. The Morgan fingerprint density at radius 2 is 1.65 bits per heavy atom. The predicted octanol–water partition coefficient (Wildman–Crippen LogP) is 4.67. The Balaban J connectivity index is 2.71. The van der Waals surface area contributed by atoms with Gasteiger partial charge in [0.25, 0.3) is 5.56 Å². The van der Waals surface area contributed by atoms with Gasteiger partial charge >= 0.3 is 0 Å². The van der Waals surface area contributed by atoms with Crippen LogP contribution in [0.15, 0.2) is 29.2 Å². The highest BCUT2D eigenvalue weighted by atomic mass is 16.3. The van der Waals surface area contributed by atoms with Crippen LogP contribution in [0.25, 0.3) is 11.3 Å². The molecule has 2 aromatic heterocycles. The molecule has 0 aliphatic rings. The van der Waals surface area contributed by atoms with Gasteiger partial charge in [-0.3, -0.25) is 9.78 Å². The van der Waals surface area contributed by atoms with Crippen molar-refractivity contribution in [3.8, 4) is 17.0 Å². The van der Waals surface area contributed by atoms with Crippen LogP contribution in [0.3, 0.4) is 0 Å². The maximum atomic E-state index is 12.7. The first-order chi connectivity index (χ1) is 12.2. The zero-order valence-corrected chi connectivity index (χ0v) is 16.9. The Labute approximate surface area is 156 Å². The first kappa shape index (κ1) is 20.2. The third kappa shape index (κ3) is 4.96. The van der Waals surface area contributed by atoms with E-state index < -0.39 is 0 Å². The lowest BCUT2D eigenvalue weighted by atomic mass is 9.96. The van der Waals surface area contributed by atoms with Crippen LogP contribution in [-0.2, 0) is 19.4 Å². The van der Waals surface area contributed by atoms with E-state index >= 15 is 0 Å². The standard InChI is InChI=1S/C22H32N2O2/c1-14(2)9-18-12-20(25)22(26)24(13-16(5)6)21(18)17-7-8-23-19(11-17)10-15(3)4/h7-8,11-12,14-16,25H,9-10,13H2,1-6H3. The summed E-state index contributed by atoms with van der Waals surface area (Å²) in [5.74, 6) is 1.08. The van der Waals surface area contributed by atoms with Gasteiger partial charge in [0.2, 0.25) is 0 Å². The molecule has 26 heavy (non-hydrogen) atoms. The summed E-state index contributed by atoms with van der Waals surface area (Å²) in [6.07, 6.45) is 3.53. The molecule has 0 spiro atoms. The van der Waals surface area contributed by atoms with Crippen LogP contribution in [0, 0.1) is 17.8 Å². The second-order valence-electron chi connectivity index (χ2n) is 8.44. The van der Waals surface area contributed by atoms with Gasteiger partial charge in [-0.15, -0.1) is 0 Å². The highest BCUT2D eigenvalue weighted by molar-refractivity contribution is 5.65. The van der Waals surface area contributed by atoms with Crippen molar-refractivity contribution in [1.82, 2.24) is 9.55 Å². The molecule has 0 aromatic carbocycles. The summed E-state index contributed by atoms with van der Waals surface area (Å²) in [4.78, 5) is 17.2. The van der Waals surface area contributed by atoms with E-state index in [-0.39, 0.29) is 11.3 Å². The van der Waals surface area contributed by atoms with Gasteiger partial charge in [0, 0.05) is 24.0 Å². The zero-order chi connectivity index (χ0) is 19.4. The summed E-state index contributed by atoms with van der Waals surface area (Å²) >= 11 is 0. The predicted molar refractivity (Wildman–Crippen MR) is 108 cm³/mol. The number of aromatic hydroxyl groups is 1. The van der Waals surface area contributed by atoms with Crippen LogP contribution in [0.5, 0.6) is 5.75 Å². The molecule has 0 amide bonds. The molecule has 0 fully saturated rings. The van der Waals surface area contributed by atoms with E-state index in [0.29, 0.717) is 24.3 Å². The van der Waals surface area contributed by atoms with Crippen molar-refractivity contribution in [2.45, 2.75) is 60.9 Å². The zero-order valence-electron chi connectivity index (χ0n) is 16.9. The van der Waals surface area contributed by atoms with Gasteiger partial charge in [0.15, 0.2) is 5.75 Å². The van der Waals surface area contributed by atoms with Gasteiger partial charge in [-0.2, -0.15) is 0 Å². The molecule has 2 aromatic rings. The van der Waals surface area contributed by atoms with Crippen LogP contribution in [0.2, 0.25) is 0 Å². The minimum absolute atomic E-state index is 0.165. The van der Waals surface area contributed by atoms with Gasteiger partial charge in [-0.1, -0.05) is 41.5 Å². The van der Waals surface area contributed by atoms with Crippen molar-refractivity contribution in [3.05, 3.63) is 46.0 Å². The highest BCUT2D eigenvalue weighted by Gasteiger charge is 2.18. The summed E-state index contributed by atoms with van der Waals surface area (Å²) in [6.45, 7) is 13.4. The van der Waals surface area contributed by atoms with Crippen LogP contribution in [-0.4, -0.2) is 14.7 Å². The fourth-order valence-corrected chi connectivity index (χ4v) is 3.34. The van der Waals surface area contributed by atoms with Crippen LogP contribution < -0.4 is 5.56 Å². The van der Waals surface area contributed by atoms with Gasteiger partial charge < -0.3 is 9.67 Å². The van der Waals surface area contributed by atoms with Gasteiger partial charge in [0.05, 0.1) is 5.69 Å². The SMILES string of the molecule is CC(C)Cc1cc(-c2c(CC(C)C)cc(O)c(=O)n2CC(C)C)ccn1. The molecular weight excluding hydrogens is 324 g/mol. The number of hydrogen-bond donors (Lipinski definition) is 1. The molecule has 0 saturated carbocycles. The lowest BCUT2D eigenvalue weighted by Crippen LogP contribution is -2.25. The van der Waals surface area contributed by atoms with Crippen molar-refractivity contribution in [2.24, 2.45) is 17.8 Å². The van der Waals surface area contributed by atoms with E-state index in [1.165, 1.54) is 0 Å². The highest BCUT2D eigenvalue weighted by Crippen LogP contribution is 2.28. The van der Waals surface area contributed by atoms with Crippen molar-refractivity contribution in [3.63, 3.8) is 0 Å². The van der Waals surface area contributed by atoms with Crippen molar-refractivity contribution >= 4 is 0 Å². The summed E-state index contributed by atoms with van der Waals surface area (Å²) in [5, 5.41) is 10.2. The van der Waals surface area contributed by atoms with E-state index in [2.05, 4.69) is 52.6 Å². The van der Waals surface area contributed by atoms with Gasteiger partial charge in [0.1, 0.15) is 0 Å². The maximum absolute atomic E-state index is 12.7. The minimum Gasteiger partial charge on any atom is -0.503 e. The van der Waals surface area contributed by atoms with Crippen LogP contribution in [0.4, 0.5) is 0 Å². The molecule has 0 atom stereocenters. The Bertz CT molecular complexity index is 804. The van der Waals surface area contributed by atoms with Crippen molar-refractivity contribution in [1.29, 1.82) is 0 Å². The molecule has 0 aliphatic carbocycles. The Hall–Kier alpha value is -2.10. The molecule has 2 heterocycles. The molecule has 4 nitrogen and oxygen atoms in total. The number of aromatic nitrogens is 2. The third-order valence-electron chi connectivity index (χ3n) is 4.23. The Morgan fingerprint density at radius 3 is 2.23 bits per heavy atom. The summed E-state index contributed by atoms with van der Waals surface area (Å²) in [5.41, 5.74) is 3.65. The fourth-order valence-electron chi connectivity index (χ4n) is 3.34. The largest absolute Gasteiger partial charge is 0.503 e. The molecule has 0 unspecified atom stereocenters. The summed E-state index contributed by atoms with van der Waals surface area (Å²) in [7, 11) is 0. The normalized spacial score (nSPS) is 11.7. The number of nitrogens with zero attached hydrogens (tertiary/aromatic N) is 2.